The van der Waals surface area contributed by atoms with Crippen LogP contribution in [0, 0.1) is 0 Å². The SMILES string of the molecule is COc1c(COC(=O)n2ccnc2)ccc2ccccc12. The van der Waals surface area contributed by atoms with E-state index in [1.54, 1.807) is 13.3 Å². The van der Waals surface area contributed by atoms with Crippen LogP contribution in [0.3, 0.4) is 0 Å². The smallest absolute Gasteiger partial charge is 0.419 e. The van der Waals surface area contributed by atoms with Crippen LogP contribution in [0.25, 0.3) is 10.8 Å². The van der Waals surface area contributed by atoms with Crippen LogP contribution in [0.4, 0.5) is 4.79 Å². The number of rotatable bonds is 3. The number of nitrogens with zero attached hydrogens (tertiary/aromatic N) is 2. The molecule has 5 nitrogen and oxygen atoms in total. The first-order chi connectivity index (χ1) is 10.3. The number of ether oxygens (including phenoxy) is 2. The van der Waals surface area contributed by atoms with Crippen LogP contribution in [0.5, 0.6) is 5.75 Å². The van der Waals surface area contributed by atoms with Gasteiger partial charge in [0.25, 0.3) is 0 Å². The van der Waals surface area contributed by atoms with Crippen molar-refractivity contribution < 1.29 is 14.3 Å². The van der Waals surface area contributed by atoms with Crippen molar-refractivity contribution in [2.24, 2.45) is 0 Å². The summed E-state index contributed by atoms with van der Waals surface area (Å²) >= 11 is 0. The van der Waals surface area contributed by atoms with Gasteiger partial charge in [0, 0.05) is 23.3 Å². The van der Waals surface area contributed by atoms with Crippen molar-refractivity contribution in [3.8, 4) is 5.75 Å². The molecule has 0 aliphatic heterocycles. The zero-order chi connectivity index (χ0) is 14.7. The number of hydrogen-bond donors (Lipinski definition) is 0. The number of hydrogen-bond acceptors (Lipinski definition) is 4. The predicted molar refractivity (Wildman–Crippen MR) is 78.3 cm³/mol. The molecule has 0 saturated carbocycles. The second-order valence-corrected chi connectivity index (χ2v) is 4.50. The Balaban J connectivity index is 1.85. The third-order valence-electron chi connectivity index (χ3n) is 3.23. The zero-order valence-electron chi connectivity index (χ0n) is 11.5. The summed E-state index contributed by atoms with van der Waals surface area (Å²) in [6, 6.07) is 11.8. The standard InChI is InChI=1S/C16H14N2O3/c1-20-15-13(7-6-12-4-2-3-5-14(12)15)10-21-16(19)18-9-8-17-11-18/h2-9,11H,10H2,1H3. The third-order valence-corrected chi connectivity index (χ3v) is 3.23. The summed E-state index contributed by atoms with van der Waals surface area (Å²) in [5.41, 5.74) is 0.824. The van der Waals surface area contributed by atoms with Crippen molar-refractivity contribution in [2.75, 3.05) is 7.11 Å². The molecule has 0 radical (unpaired) electrons. The minimum absolute atomic E-state index is 0.144. The number of aromatic nitrogens is 2. The first kappa shape index (κ1) is 13.2. The predicted octanol–water partition coefficient (Wildman–Crippen LogP) is 3.23. The molecule has 0 aliphatic rings. The van der Waals surface area contributed by atoms with Crippen molar-refractivity contribution in [2.45, 2.75) is 6.61 Å². The van der Waals surface area contributed by atoms with E-state index in [2.05, 4.69) is 4.98 Å². The average Bonchev–Trinajstić information content (AvgIpc) is 3.06. The van der Waals surface area contributed by atoms with E-state index in [0.29, 0.717) is 0 Å². The van der Waals surface area contributed by atoms with Gasteiger partial charge in [-0.3, -0.25) is 0 Å². The van der Waals surface area contributed by atoms with Gasteiger partial charge in [0.1, 0.15) is 18.7 Å². The summed E-state index contributed by atoms with van der Waals surface area (Å²) in [6.07, 6.45) is 4.00. The van der Waals surface area contributed by atoms with Gasteiger partial charge >= 0.3 is 6.09 Å². The van der Waals surface area contributed by atoms with Gasteiger partial charge in [0.05, 0.1) is 7.11 Å². The Morgan fingerprint density at radius 3 is 2.86 bits per heavy atom. The van der Waals surface area contributed by atoms with Gasteiger partial charge in [-0.15, -0.1) is 0 Å². The highest BCUT2D eigenvalue weighted by molar-refractivity contribution is 5.89. The lowest BCUT2D eigenvalue weighted by Gasteiger charge is -2.12. The normalized spacial score (nSPS) is 10.5. The fourth-order valence-corrected chi connectivity index (χ4v) is 2.22. The van der Waals surface area contributed by atoms with Crippen LogP contribution in [0.15, 0.2) is 55.1 Å². The lowest BCUT2D eigenvalue weighted by Crippen LogP contribution is -2.11. The molecular formula is C16H14N2O3. The highest BCUT2D eigenvalue weighted by Gasteiger charge is 2.11. The Kier molecular flexibility index (Phi) is 3.55. The average molecular weight is 282 g/mol. The molecule has 3 aromatic rings. The van der Waals surface area contributed by atoms with Crippen molar-refractivity contribution in [1.82, 2.24) is 9.55 Å². The molecule has 0 aliphatic carbocycles. The first-order valence-corrected chi connectivity index (χ1v) is 6.49. The molecule has 0 atom stereocenters. The molecule has 2 aromatic carbocycles. The molecule has 0 fully saturated rings. The molecule has 1 aromatic heterocycles. The van der Waals surface area contributed by atoms with Crippen LogP contribution in [-0.4, -0.2) is 22.8 Å². The number of fused-ring (bicyclic) bond motifs is 1. The van der Waals surface area contributed by atoms with Crippen molar-refractivity contribution in [1.29, 1.82) is 0 Å². The molecule has 0 saturated heterocycles. The molecule has 1 heterocycles. The van der Waals surface area contributed by atoms with E-state index in [9.17, 15) is 4.79 Å². The molecule has 0 amide bonds. The van der Waals surface area contributed by atoms with E-state index in [4.69, 9.17) is 9.47 Å². The number of carbonyl (C=O) groups excluding carboxylic acids is 1. The molecule has 0 unspecified atom stereocenters. The van der Waals surface area contributed by atoms with Crippen LogP contribution >= 0.6 is 0 Å². The summed E-state index contributed by atoms with van der Waals surface area (Å²) in [7, 11) is 1.61. The van der Waals surface area contributed by atoms with Gasteiger partial charge in [0.2, 0.25) is 0 Å². The van der Waals surface area contributed by atoms with Crippen molar-refractivity contribution in [3.63, 3.8) is 0 Å². The minimum atomic E-state index is -0.470. The summed E-state index contributed by atoms with van der Waals surface area (Å²) < 4.78 is 12.0. The molecular weight excluding hydrogens is 268 g/mol. The Hall–Kier alpha value is -2.82. The molecule has 21 heavy (non-hydrogen) atoms. The first-order valence-electron chi connectivity index (χ1n) is 6.49. The maximum atomic E-state index is 11.8. The maximum absolute atomic E-state index is 11.8. The van der Waals surface area contributed by atoms with Gasteiger partial charge in [-0.25, -0.2) is 14.3 Å². The molecule has 5 heteroatoms. The van der Waals surface area contributed by atoms with Crippen LogP contribution < -0.4 is 4.74 Å². The lowest BCUT2D eigenvalue weighted by atomic mass is 10.1. The summed E-state index contributed by atoms with van der Waals surface area (Å²) in [4.78, 5) is 15.6. The Morgan fingerprint density at radius 2 is 2.10 bits per heavy atom. The van der Waals surface area contributed by atoms with Gasteiger partial charge < -0.3 is 9.47 Å². The summed E-state index contributed by atoms with van der Waals surface area (Å²) in [5.74, 6) is 0.728. The summed E-state index contributed by atoms with van der Waals surface area (Å²) in [5, 5.41) is 2.08. The van der Waals surface area contributed by atoms with Gasteiger partial charge in [-0.1, -0.05) is 36.4 Å². The number of methoxy groups -OCH3 is 1. The minimum Gasteiger partial charge on any atom is -0.496 e. The van der Waals surface area contributed by atoms with E-state index < -0.39 is 6.09 Å². The van der Waals surface area contributed by atoms with Crippen LogP contribution in [0.2, 0.25) is 0 Å². The number of carbonyl (C=O) groups is 1. The molecule has 3 rings (SSSR count). The zero-order valence-corrected chi connectivity index (χ0v) is 11.5. The Morgan fingerprint density at radius 1 is 1.24 bits per heavy atom. The second kappa shape index (κ2) is 5.66. The monoisotopic (exact) mass is 282 g/mol. The largest absolute Gasteiger partial charge is 0.496 e. The molecule has 0 spiro atoms. The maximum Gasteiger partial charge on any atom is 0.419 e. The van der Waals surface area contributed by atoms with E-state index in [-0.39, 0.29) is 6.61 Å². The van der Waals surface area contributed by atoms with Crippen LogP contribution in [0.1, 0.15) is 5.56 Å². The van der Waals surface area contributed by atoms with Gasteiger partial charge in [-0.05, 0) is 5.39 Å². The summed E-state index contributed by atoms with van der Waals surface area (Å²) in [6.45, 7) is 0.144. The number of benzene rings is 2. The highest BCUT2D eigenvalue weighted by atomic mass is 16.5. The van der Waals surface area contributed by atoms with E-state index in [1.165, 1.54) is 17.1 Å². The number of imidazole rings is 1. The van der Waals surface area contributed by atoms with E-state index >= 15 is 0 Å². The van der Waals surface area contributed by atoms with E-state index in [0.717, 1.165) is 22.1 Å². The molecule has 106 valence electrons. The quantitative estimate of drug-likeness (QED) is 0.740. The van der Waals surface area contributed by atoms with Gasteiger partial charge in [0.15, 0.2) is 0 Å². The second-order valence-electron chi connectivity index (χ2n) is 4.50. The van der Waals surface area contributed by atoms with Crippen molar-refractivity contribution in [3.05, 3.63) is 60.7 Å². The Bertz CT molecular complexity index is 766. The fourth-order valence-electron chi connectivity index (χ4n) is 2.22. The van der Waals surface area contributed by atoms with Gasteiger partial charge in [-0.2, -0.15) is 0 Å². The fraction of sp³-hybridized carbons (Fsp3) is 0.125. The Labute approximate surface area is 121 Å². The highest BCUT2D eigenvalue weighted by Crippen LogP contribution is 2.30. The van der Waals surface area contributed by atoms with Crippen molar-refractivity contribution >= 4 is 16.9 Å². The molecule has 0 bridgehead atoms. The lowest BCUT2D eigenvalue weighted by molar-refractivity contribution is 0.140. The van der Waals surface area contributed by atoms with E-state index in [1.807, 2.05) is 36.4 Å². The van der Waals surface area contributed by atoms with Crippen LogP contribution in [-0.2, 0) is 11.3 Å². The topological polar surface area (TPSA) is 53.4 Å². The molecule has 0 N–H and O–H groups in total. The third kappa shape index (κ3) is 2.58.